The van der Waals surface area contributed by atoms with E-state index in [1.54, 1.807) is 18.6 Å². The normalized spacial score (nSPS) is 15.1. The van der Waals surface area contributed by atoms with Crippen LogP contribution < -0.4 is 10.2 Å². The van der Waals surface area contributed by atoms with Crippen LogP contribution in [-0.4, -0.2) is 37.6 Å². The molecule has 0 radical (unpaired) electrons. The van der Waals surface area contributed by atoms with Crippen LogP contribution in [0.4, 0.5) is 21.8 Å². The predicted molar refractivity (Wildman–Crippen MR) is 138 cm³/mol. The van der Waals surface area contributed by atoms with Gasteiger partial charge in [0.1, 0.15) is 5.52 Å². The fourth-order valence-electron chi connectivity index (χ4n) is 4.71. The molecule has 0 aliphatic carbocycles. The van der Waals surface area contributed by atoms with Gasteiger partial charge in [-0.15, -0.1) is 0 Å². The highest BCUT2D eigenvalue weighted by Crippen LogP contribution is 2.33. The van der Waals surface area contributed by atoms with Gasteiger partial charge in [-0.3, -0.25) is 0 Å². The Labute approximate surface area is 205 Å². The molecule has 35 heavy (non-hydrogen) atoms. The first kappa shape index (κ1) is 23.2. The van der Waals surface area contributed by atoms with E-state index in [4.69, 9.17) is 9.97 Å². The van der Waals surface area contributed by atoms with E-state index >= 15 is 0 Å². The number of piperidine rings is 1. The third-order valence-electron chi connectivity index (χ3n) is 6.92. The monoisotopic (exact) mass is 473 g/mol. The molecule has 1 aliphatic rings. The molecule has 4 aromatic rings. The van der Waals surface area contributed by atoms with Gasteiger partial charge in [0.15, 0.2) is 11.5 Å². The van der Waals surface area contributed by atoms with Gasteiger partial charge in [-0.2, -0.15) is 14.4 Å². The fourth-order valence-corrected chi connectivity index (χ4v) is 4.71. The van der Waals surface area contributed by atoms with Crippen LogP contribution in [0, 0.1) is 12.9 Å². The number of fused-ring (bicyclic) bond motifs is 1. The Hall–Kier alpha value is -3.55. The van der Waals surface area contributed by atoms with E-state index in [0.29, 0.717) is 17.5 Å². The van der Waals surface area contributed by atoms with E-state index < -0.39 is 5.95 Å². The minimum absolute atomic E-state index is 0.0465. The zero-order valence-electron chi connectivity index (χ0n) is 21.0. The van der Waals surface area contributed by atoms with Crippen LogP contribution in [0.5, 0.6) is 0 Å². The lowest BCUT2D eigenvalue weighted by molar-refractivity contribution is 0.494. The lowest BCUT2D eigenvalue weighted by atomic mass is 9.86. The summed E-state index contributed by atoms with van der Waals surface area (Å²) in [5.74, 6) is 1.30. The minimum Gasteiger partial charge on any atom is -0.341 e. The number of benzene rings is 1. The summed E-state index contributed by atoms with van der Waals surface area (Å²) >= 11 is 0. The third-order valence-corrected chi connectivity index (χ3v) is 6.92. The quantitative estimate of drug-likeness (QED) is 0.387. The summed E-state index contributed by atoms with van der Waals surface area (Å²) in [6.45, 7) is 10.3. The Bertz CT molecular complexity index is 1360. The number of nitrogens with zero attached hydrogens (tertiary/aromatic N) is 6. The van der Waals surface area contributed by atoms with Gasteiger partial charge >= 0.3 is 0 Å². The molecule has 0 spiro atoms. The molecule has 0 bridgehead atoms. The van der Waals surface area contributed by atoms with Gasteiger partial charge in [0.2, 0.25) is 11.9 Å². The number of halogens is 1. The van der Waals surface area contributed by atoms with Crippen LogP contribution in [0.2, 0.25) is 0 Å². The maximum Gasteiger partial charge on any atom is 0.229 e. The summed E-state index contributed by atoms with van der Waals surface area (Å²) in [6, 6.07) is 10.0. The van der Waals surface area contributed by atoms with Crippen molar-refractivity contribution in [1.82, 2.24) is 24.5 Å². The van der Waals surface area contributed by atoms with Gasteiger partial charge in [0.05, 0.1) is 6.33 Å². The van der Waals surface area contributed by atoms with Gasteiger partial charge in [-0.1, -0.05) is 32.9 Å². The summed E-state index contributed by atoms with van der Waals surface area (Å²) in [7, 11) is 1.96. The molecule has 0 unspecified atom stereocenters. The number of aromatic nitrogens is 5. The van der Waals surface area contributed by atoms with E-state index in [-0.39, 0.29) is 5.41 Å². The molecule has 1 aromatic carbocycles. The molecule has 0 amide bonds. The number of hydrogen-bond acceptors (Lipinski definition) is 6. The molecule has 1 fully saturated rings. The number of aryl methyl sites for hydroxylation is 2. The van der Waals surface area contributed by atoms with E-state index in [0.717, 1.165) is 54.1 Å². The summed E-state index contributed by atoms with van der Waals surface area (Å²) in [4.78, 5) is 20.2. The van der Waals surface area contributed by atoms with Crippen molar-refractivity contribution in [3.05, 3.63) is 65.5 Å². The Morgan fingerprint density at radius 3 is 2.51 bits per heavy atom. The molecule has 7 nitrogen and oxygen atoms in total. The molecule has 0 saturated carbocycles. The number of pyridine rings is 1. The third kappa shape index (κ3) is 4.70. The SMILES string of the molecule is Cc1ccc(C(C)(C)C)cc1Nc1nc(N2CCC(c3ccnc(F)c3)CC2)nc2ncn(C)c12. The highest BCUT2D eigenvalue weighted by molar-refractivity contribution is 5.87. The lowest BCUT2D eigenvalue weighted by Gasteiger charge is -2.32. The maximum atomic E-state index is 13.6. The van der Waals surface area contributed by atoms with Crippen molar-refractivity contribution >= 4 is 28.6 Å². The smallest absolute Gasteiger partial charge is 0.229 e. The predicted octanol–water partition coefficient (Wildman–Crippen LogP) is 5.63. The van der Waals surface area contributed by atoms with Gasteiger partial charge in [-0.05, 0) is 66.0 Å². The molecule has 1 aliphatic heterocycles. The van der Waals surface area contributed by atoms with Crippen LogP contribution in [0.3, 0.4) is 0 Å². The van der Waals surface area contributed by atoms with E-state index in [9.17, 15) is 4.39 Å². The van der Waals surface area contributed by atoms with Crippen LogP contribution in [0.15, 0.2) is 42.9 Å². The highest BCUT2D eigenvalue weighted by atomic mass is 19.1. The first-order chi connectivity index (χ1) is 16.7. The van der Waals surface area contributed by atoms with Crippen LogP contribution >= 0.6 is 0 Å². The highest BCUT2D eigenvalue weighted by Gasteiger charge is 2.25. The molecule has 0 atom stereocenters. The maximum absolute atomic E-state index is 13.6. The van der Waals surface area contributed by atoms with Gasteiger partial charge in [-0.25, -0.2) is 9.97 Å². The van der Waals surface area contributed by atoms with E-state index in [2.05, 4.69) is 66.1 Å². The molecule has 1 N–H and O–H groups in total. The zero-order chi connectivity index (χ0) is 24.7. The largest absolute Gasteiger partial charge is 0.341 e. The first-order valence-corrected chi connectivity index (χ1v) is 12.1. The summed E-state index contributed by atoms with van der Waals surface area (Å²) < 4.78 is 15.6. The van der Waals surface area contributed by atoms with Crippen molar-refractivity contribution in [2.24, 2.45) is 7.05 Å². The summed E-state index contributed by atoms with van der Waals surface area (Å²) in [5, 5.41) is 3.59. The Morgan fingerprint density at radius 2 is 1.80 bits per heavy atom. The molecule has 5 rings (SSSR count). The van der Waals surface area contributed by atoms with Gasteiger partial charge < -0.3 is 14.8 Å². The molecular weight excluding hydrogens is 441 g/mol. The Morgan fingerprint density at radius 1 is 1.03 bits per heavy atom. The average molecular weight is 474 g/mol. The summed E-state index contributed by atoms with van der Waals surface area (Å²) in [6.07, 6.45) is 5.13. The standard InChI is InChI=1S/C27H32FN7/c1-17-6-7-20(27(2,3)4)15-21(17)31-25-23-24(30-16-34(23)5)32-26(33-25)35-12-9-18(10-13-35)19-8-11-29-22(28)14-19/h6-8,11,14-16,18H,9-10,12-13H2,1-5H3,(H,31,32,33). The molecule has 182 valence electrons. The van der Waals surface area contributed by atoms with Gasteiger partial charge in [0.25, 0.3) is 0 Å². The molecular formula is C27H32FN7. The second-order valence-corrected chi connectivity index (χ2v) is 10.5. The Kier molecular flexibility index (Phi) is 5.91. The second-order valence-electron chi connectivity index (χ2n) is 10.5. The zero-order valence-corrected chi connectivity index (χ0v) is 21.0. The molecule has 4 heterocycles. The van der Waals surface area contributed by atoms with E-state index in [1.807, 2.05) is 17.7 Å². The van der Waals surface area contributed by atoms with Crippen molar-refractivity contribution in [1.29, 1.82) is 0 Å². The summed E-state index contributed by atoms with van der Waals surface area (Å²) in [5.41, 5.74) is 6.04. The minimum atomic E-state index is -0.421. The fraction of sp³-hybridized carbons (Fsp3) is 0.407. The molecule has 3 aromatic heterocycles. The number of anilines is 3. The second kappa shape index (κ2) is 8.91. The van der Waals surface area contributed by atoms with Crippen molar-refractivity contribution < 1.29 is 4.39 Å². The molecule has 1 saturated heterocycles. The molecule has 8 heteroatoms. The topological polar surface area (TPSA) is 71.8 Å². The van der Waals surface area contributed by atoms with Crippen molar-refractivity contribution in [2.45, 2.75) is 51.9 Å². The number of imidazole rings is 1. The number of nitrogens with one attached hydrogen (secondary N) is 1. The van der Waals surface area contributed by atoms with Crippen LogP contribution in [0.25, 0.3) is 11.2 Å². The van der Waals surface area contributed by atoms with Crippen molar-refractivity contribution in [3.63, 3.8) is 0 Å². The average Bonchev–Trinajstić information content (AvgIpc) is 3.21. The number of hydrogen-bond donors (Lipinski definition) is 1. The van der Waals surface area contributed by atoms with E-state index in [1.165, 1.54) is 5.56 Å². The lowest BCUT2D eigenvalue weighted by Crippen LogP contribution is -2.34. The Balaban J connectivity index is 1.44. The number of rotatable bonds is 4. The van der Waals surface area contributed by atoms with Crippen molar-refractivity contribution in [2.75, 3.05) is 23.3 Å². The van der Waals surface area contributed by atoms with Crippen LogP contribution in [-0.2, 0) is 12.5 Å². The van der Waals surface area contributed by atoms with Gasteiger partial charge in [0, 0.05) is 32.0 Å². The van der Waals surface area contributed by atoms with Crippen molar-refractivity contribution in [3.8, 4) is 0 Å². The van der Waals surface area contributed by atoms with Crippen LogP contribution in [0.1, 0.15) is 56.2 Å². The first-order valence-electron chi connectivity index (χ1n) is 12.1.